The van der Waals surface area contributed by atoms with Crippen molar-refractivity contribution in [3.63, 3.8) is 0 Å². The highest BCUT2D eigenvalue weighted by molar-refractivity contribution is 5.88. The van der Waals surface area contributed by atoms with Crippen molar-refractivity contribution in [2.24, 2.45) is 11.8 Å². The molecular formula is C44H77N4O12-. The van der Waals surface area contributed by atoms with Gasteiger partial charge in [-0.05, 0) is 111 Å². The highest BCUT2D eigenvalue weighted by Crippen LogP contribution is 2.43. The summed E-state index contributed by atoms with van der Waals surface area (Å²) in [6, 6.07) is 0. The van der Waals surface area contributed by atoms with E-state index >= 15 is 0 Å². The van der Waals surface area contributed by atoms with Gasteiger partial charge in [-0.3, -0.25) is 19.2 Å². The van der Waals surface area contributed by atoms with Gasteiger partial charge in [0.1, 0.15) is 24.4 Å². The predicted molar refractivity (Wildman–Crippen MR) is 221 cm³/mol. The molecule has 60 heavy (non-hydrogen) atoms. The summed E-state index contributed by atoms with van der Waals surface area (Å²) >= 11 is 0. The van der Waals surface area contributed by atoms with E-state index in [1.165, 1.54) is 15.2 Å². The second kappa shape index (κ2) is 16.9. The van der Waals surface area contributed by atoms with Crippen LogP contribution in [0.25, 0.3) is 0 Å². The molecule has 4 aliphatic heterocycles. The van der Waals surface area contributed by atoms with Crippen molar-refractivity contribution in [1.29, 1.82) is 0 Å². The van der Waals surface area contributed by atoms with E-state index in [1.807, 2.05) is 83.1 Å². The molecule has 0 aromatic rings. The van der Waals surface area contributed by atoms with Gasteiger partial charge in [-0.2, -0.15) is 15.2 Å². The van der Waals surface area contributed by atoms with Crippen molar-refractivity contribution >= 4 is 23.9 Å². The van der Waals surface area contributed by atoms with Crippen molar-refractivity contribution < 1.29 is 53.7 Å². The van der Waals surface area contributed by atoms with Crippen LogP contribution in [0.15, 0.2) is 0 Å². The monoisotopic (exact) mass is 854 g/mol. The summed E-state index contributed by atoms with van der Waals surface area (Å²) in [5.41, 5.74) is -6.42. The zero-order valence-electron chi connectivity index (χ0n) is 39.3. The molecule has 4 saturated heterocycles. The molecule has 16 heteroatoms. The lowest BCUT2D eigenvalue weighted by molar-refractivity contribution is -0.261. The summed E-state index contributed by atoms with van der Waals surface area (Å²) in [7, 11) is 0. The molecule has 0 aromatic carbocycles. The standard InChI is InChI=1S/C44H77N4O12/c1-37(2)19-27(20-38(3,4)45(37)53)57-33(49)17-31(35(51)59-29-23-41(9,10)47(55)42(11,12)24-29)32(36(52)60-30-25-43(13,14)48(56)44(15,16)26-30)18-34(50)58-28-21-39(5,6)46(54)40(7,8)22-28/h27-32,53-55H,17-26H2,1-16H3/q-1. The average molecular weight is 854 g/mol. The Labute approximate surface area is 358 Å². The minimum absolute atomic E-state index is 0.183. The molecule has 0 amide bonds. The molecule has 4 fully saturated rings. The van der Waals surface area contributed by atoms with Gasteiger partial charge in [-0.25, -0.2) is 0 Å². The van der Waals surface area contributed by atoms with Crippen LogP contribution in [0.3, 0.4) is 0 Å². The van der Waals surface area contributed by atoms with E-state index in [-0.39, 0.29) is 38.5 Å². The Balaban J connectivity index is 1.72. The number of hydroxylamine groups is 8. The molecule has 0 spiro atoms. The van der Waals surface area contributed by atoms with E-state index < -0.39 is 117 Å². The number of rotatable bonds is 11. The first-order valence-electron chi connectivity index (χ1n) is 21.7. The molecule has 0 aromatic heterocycles. The highest BCUT2D eigenvalue weighted by Gasteiger charge is 2.52. The molecule has 0 radical (unpaired) electrons. The minimum Gasteiger partial charge on any atom is -0.784 e. The molecule has 4 heterocycles. The normalized spacial score (nSPS) is 28.3. The third-order valence-electron chi connectivity index (χ3n) is 13.4. The Morgan fingerprint density at radius 3 is 0.867 bits per heavy atom. The Morgan fingerprint density at radius 2 is 0.633 bits per heavy atom. The zero-order chi connectivity index (χ0) is 46.0. The van der Waals surface area contributed by atoms with Gasteiger partial charge in [0.05, 0.1) is 24.7 Å². The summed E-state index contributed by atoms with van der Waals surface area (Å²) in [5, 5.41) is 50.7. The number of esters is 4. The molecule has 4 rings (SSSR count). The predicted octanol–water partition coefficient (Wildman–Crippen LogP) is 6.92. The van der Waals surface area contributed by atoms with E-state index in [4.69, 9.17) is 18.9 Å². The van der Waals surface area contributed by atoms with E-state index in [1.54, 1.807) is 27.7 Å². The van der Waals surface area contributed by atoms with E-state index in [0.29, 0.717) is 12.8 Å². The molecule has 0 saturated carbocycles. The van der Waals surface area contributed by atoms with Gasteiger partial charge in [0, 0.05) is 95.7 Å². The SMILES string of the molecule is CC1(C)CC(OC(=O)C(CC(=O)OC2CC(C)(C)N(O)C(C)(C)C2)C(CC(=O)OC2CC(C)(C)N(O)C(C)(C)C2)C(=O)OC2CC(C)(C)N(O)C(C)(C)C2)CC(C)(C)N1[O-]. The Hall–Kier alpha value is -2.44. The lowest BCUT2D eigenvalue weighted by Crippen LogP contribution is -2.61. The first-order chi connectivity index (χ1) is 26.9. The molecule has 3 N–H and O–H groups in total. The maximum Gasteiger partial charge on any atom is 0.310 e. The fourth-order valence-corrected chi connectivity index (χ4v) is 11.2. The molecular weight excluding hydrogens is 776 g/mol. The van der Waals surface area contributed by atoms with Gasteiger partial charge in [0.25, 0.3) is 0 Å². The van der Waals surface area contributed by atoms with Crippen molar-refractivity contribution in [3.05, 3.63) is 5.21 Å². The molecule has 4 aliphatic rings. The van der Waals surface area contributed by atoms with Gasteiger partial charge in [-0.1, -0.05) is 0 Å². The van der Waals surface area contributed by atoms with Gasteiger partial charge in [-0.15, -0.1) is 0 Å². The van der Waals surface area contributed by atoms with E-state index in [0.717, 1.165) is 5.06 Å². The highest BCUT2D eigenvalue weighted by atomic mass is 16.6. The van der Waals surface area contributed by atoms with Crippen molar-refractivity contribution in [2.45, 2.75) is 244 Å². The Bertz CT molecular complexity index is 1420. The van der Waals surface area contributed by atoms with Crippen LogP contribution in [0.1, 0.15) is 175 Å². The number of nitrogens with zero attached hydrogens (tertiary/aromatic N) is 4. The summed E-state index contributed by atoms with van der Waals surface area (Å²) < 4.78 is 24.4. The molecule has 2 unspecified atom stereocenters. The number of hydrogen-bond acceptors (Lipinski definition) is 16. The van der Waals surface area contributed by atoms with E-state index in [2.05, 4.69) is 0 Å². The molecule has 0 bridgehead atoms. The first kappa shape index (κ1) is 50.2. The number of carbonyl (C=O) groups is 4. The topological polar surface area (TPSA) is 202 Å². The zero-order valence-corrected chi connectivity index (χ0v) is 39.3. The van der Waals surface area contributed by atoms with Crippen LogP contribution in [-0.4, -0.2) is 128 Å². The van der Waals surface area contributed by atoms with Crippen molar-refractivity contribution in [3.8, 4) is 0 Å². The summed E-state index contributed by atoms with van der Waals surface area (Å²) in [5.74, 6) is -6.51. The number of ether oxygens (including phenoxy) is 4. The molecule has 0 aliphatic carbocycles. The number of carbonyl (C=O) groups excluding carboxylic acids is 4. The Morgan fingerprint density at radius 1 is 0.433 bits per heavy atom. The summed E-state index contributed by atoms with van der Waals surface area (Å²) in [6.45, 7) is 29.0. The van der Waals surface area contributed by atoms with Gasteiger partial charge in [0.2, 0.25) is 0 Å². The molecule has 16 nitrogen and oxygen atoms in total. The van der Waals surface area contributed by atoms with Gasteiger partial charge in [0.15, 0.2) is 0 Å². The van der Waals surface area contributed by atoms with Crippen LogP contribution in [0.4, 0.5) is 0 Å². The van der Waals surface area contributed by atoms with Crippen molar-refractivity contribution in [2.75, 3.05) is 0 Å². The minimum atomic E-state index is -1.56. The van der Waals surface area contributed by atoms with E-state index in [9.17, 15) is 40.0 Å². The second-order valence-electron chi connectivity index (χ2n) is 23.3. The van der Waals surface area contributed by atoms with Gasteiger partial charge < -0.3 is 44.8 Å². The Kier molecular flexibility index (Phi) is 14.2. The lowest BCUT2D eigenvalue weighted by atomic mass is 9.79. The average Bonchev–Trinajstić information content (AvgIpc) is 3.04. The maximum atomic E-state index is 14.7. The van der Waals surface area contributed by atoms with Crippen LogP contribution < -0.4 is 0 Å². The largest absolute Gasteiger partial charge is 0.784 e. The van der Waals surface area contributed by atoms with Crippen LogP contribution in [-0.2, 0) is 38.1 Å². The summed E-state index contributed by atoms with van der Waals surface area (Å²) in [4.78, 5) is 57.5. The second-order valence-corrected chi connectivity index (χ2v) is 23.3. The third-order valence-corrected chi connectivity index (χ3v) is 13.4. The third kappa shape index (κ3) is 11.2. The molecule has 2 atom stereocenters. The maximum absolute atomic E-state index is 14.7. The quantitative estimate of drug-likeness (QED) is 0.143. The fourth-order valence-electron chi connectivity index (χ4n) is 11.2. The van der Waals surface area contributed by atoms with Crippen LogP contribution in [0.2, 0.25) is 0 Å². The number of hydrogen-bond donors (Lipinski definition) is 3. The number of piperidine rings is 4. The van der Waals surface area contributed by atoms with Crippen LogP contribution in [0.5, 0.6) is 0 Å². The summed E-state index contributed by atoms with van der Waals surface area (Å²) in [6.07, 6.45) is -2.01. The first-order valence-corrected chi connectivity index (χ1v) is 21.7. The fraction of sp³-hybridized carbons (Fsp3) is 0.909. The lowest BCUT2D eigenvalue weighted by Gasteiger charge is -2.59. The molecule has 346 valence electrons. The van der Waals surface area contributed by atoms with Gasteiger partial charge >= 0.3 is 23.9 Å². The van der Waals surface area contributed by atoms with Crippen LogP contribution in [0, 0.1) is 17.0 Å². The smallest absolute Gasteiger partial charge is 0.310 e. The van der Waals surface area contributed by atoms with Crippen LogP contribution >= 0.6 is 0 Å². The van der Waals surface area contributed by atoms with Crippen molar-refractivity contribution in [1.82, 2.24) is 20.3 Å².